The molecule has 2 atom stereocenters. The molecule has 6 heteroatoms. The minimum atomic E-state index is -1.38. The predicted molar refractivity (Wildman–Crippen MR) is 50.8 cm³/mol. The minimum Gasteiger partial charge on any atom is -0.478 e. The lowest BCUT2D eigenvalue weighted by Crippen LogP contribution is -2.29. The fourth-order valence-corrected chi connectivity index (χ4v) is 0.742. The van der Waals surface area contributed by atoms with E-state index in [0.29, 0.717) is 0 Å². The van der Waals surface area contributed by atoms with Gasteiger partial charge in [0, 0.05) is 5.75 Å². The summed E-state index contributed by atoms with van der Waals surface area (Å²) in [5.41, 5.74) is 0. The number of carbonyl (C=O) groups is 2. The van der Waals surface area contributed by atoms with Gasteiger partial charge in [-0.3, -0.25) is 4.79 Å². The molecule has 0 bridgehead atoms. The number of hydrogen-bond acceptors (Lipinski definition) is 5. The topological polar surface area (TPSA) is 87.4 Å². The van der Waals surface area contributed by atoms with E-state index < -0.39 is 24.0 Å². The Labute approximate surface area is 87.1 Å². The van der Waals surface area contributed by atoms with Crippen LogP contribution in [0, 0.1) is 17.2 Å². The highest BCUT2D eigenvalue weighted by atomic mass is 32.1. The van der Waals surface area contributed by atoms with Gasteiger partial charge in [0.1, 0.15) is 0 Å². The van der Waals surface area contributed by atoms with Crippen LogP contribution in [0.3, 0.4) is 0 Å². The van der Waals surface area contributed by atoms with Crippen molar-refractivity contribution in [2.75, 3.05) is 5.75 Å². The van der Waals surface area contributed by atoms with Gasteiger partial charge in [0.25, 0.3) is 0 Å². The third-order valence-electron chi connectivity index (χ3n) is 1.49. The third-order valence-corrected chi connectivity index (χ3v) is 2.03. The van der Waals surface area contributed by atoms with E-state index in [4.69, 9.17) is 10.4 Å². The summed E-state index contributed by atoms with van der Waals surface area (Å²) in [4.78, 5) is 21.6. The number of ether oxygens (including phenoxy) is 1. The molecular weight excluding hydrogens is 206 g/mol. The number of nitriles is 1. The van der Waals surface area contributed by atoms with Gasteiger partial charge in [-0.25, -0.2) is 4.79 Å². The molecule has 0 saturated heterocycles. The van der Waals surface area contributed by atoms with Gasteiger partial charge in [0.05, 0.1) is 18.4 Å². The molecule has 0 amide bonds. The summed E-state index contributed by atoms with van der Waals surface area (Å²) in [7, 11) is 0. The Morgan fingerprint density at radius 3 is 2.57 bits per heavy atom. The molecule has 0 aliphatic heterocycles. The molecule has 0 aromatic carbocycles. The first kappa shape index (κ1) is 12.8. The van der Waals surface area contributed by atoms with E-state index in [1.54, 1.807) is 13.0 Å². The maximum Gasteiger partial charge on any atom is 0.346 e. The summed E-state index contributed by atoms with van der Waals surface area (Å²) in [5, 5.41) is 16.8. The van der Waals surface area contributed by atoms with Crippen LogP contribution < -0.4 is 0 Å². The van der Waals surface area contributed by atoms with Crippen molar-refractivity contribution < 1.29 is 19.4 Å². The maximum absolute atomic E-state index is 11.1. The Bertz CT molecular complexity index is 261. The molecule has 0 saturated carbocycles. The molecular formula is C8H11NO4S. The van der Waals surface area contributed by atoms with Crippen LogP contribution in [0.5, 0.6) is 0 Å². The van der Waals surface area contributed by atoms with Gasteiger partial charge >= 0.3 is 11.9 Å². The highest BCUT2D eigenvalue weighted by Crippen LogP contribution is 2.06. The maximum atomic E-state index is 11.1. The average molecular weight is 217 g/mol. The molecule has 5 nitrogen and oxygen atoms in total. The molecule has 0 aliphatic rings. The van der Waals surface area contributed by atoms with Gasteiger partial charge in [0.15, 0.2) is 0 Å². The van der Waals surface area contributed by atoms with E-state index in [0.717, 1.165) is 0 Å². The monoisotopic (exact) mass is 217 g/mol. The van der Waals surface area contributed by atoms with Crippen LogP contribution in [-0.4, -0.2) is 28.9 Å². The van der Waals surface area contributed by atoms with Crippen molar-refractivity contribution in [2.24, 2.45) is 5.92 Å². The van der Waals surface area contributed by atoms with Crippen LogP contribution in [0.25, 0.3) is 0 Å². The standard InChI is InChI=1S/C8H11NO4S/c1-5(4-14)8(12)13-6(2-3-9)7(10)11/h5-6,14H,2,4H2,1H3,(H,10,11)/t5-,6?/m1/s1. The van der Waals surface area contributed by atoms with Crippen molar-refractivity contribution in [2.45, 2.75) is 19.4 Å². The number of carboxylic acids is 1. The second kappa shape index (κ2) is 6.27. The number of thiol groups is 1. The highest BCUT2D eigenvalue weighted by molar-refractivity contribution is 7.80. The average Bonchev–Trinajstić information content (AvgIpc) is 2.15. The highest BCUT2D eigenvalue weighted by Gasteiger charge is 2.24. The SMILES string of the molecule is C[C@H](CS)C(=O)OC(CC#N)C(=O)O. The molecule has 0 aromatic rings. The van der Waals surface area contributed by atoms with Crippen molar-refractivity contribution in [3.63, 3.8) is 0 Å². The zero-order valence-electron chi connectivity index (χ0n) is 7.64. The Morgan fingerprint density at radius 2 is 2.21 bits per heavy atom. The summed E-state index contributed by atoms with van der Waals surface area (Å²) < 4.78 is 4.60. The Balaban J connectivity index is 4.24. The van der Waals surface area contributed by atoms with E-state index in [1.807, 2.05) is 0 Å². The summed E-state index contributed by atoms with van der Waals surface area (Å²) in [6.07, 6.45) is -1.73. The number of carboxylic acid groups (broad SMARTS) is 1. The van der Waals surface area contributed by atoms with E-state index in [9.17, 15) is 9.59 Å². The Morgan fingerprint density at radius 1 is 1.64 bits per heavy atom. The van der Waals surface area contributed by atoms with Gasteiger partial charge in [-0.15, -0.1) is 0 Å². The fourth-order valence-electron chi connectivity index (χ4n) is 0.593. The molecule has 0 spiro atoms. The van der Waals surface area contributed by atoms with Gasteiger partial charge in [-0.05, 0) is 0 Å². The predicted octanol–water partition coefficient (Wildman–Crippen LogP) is 0.462. The van der Waals surface area contributed by atoms with Gasteiger partial charge in [-0.1, -0.05) is 6.92 Å². The molecule has 78 valence electrons. The molecule has 1 unspecified atom stereocenters. The number of aliphatic carboxylic acids is 1. The first-order valence-corrected chi connectivity index (χ1v) is 4.57. The zero-order chi connectivity index (χ0) is 11.1. The van der Waals surface area contributed by atoms with E-state index >= 15 is 0 Å². The van der Waals surface area contributed by atoms with E-state index in [1.165, 1.54) is 0 Å². The number of nitrogens with zero attached hydrogens (tertiary/aromatic N) is 1. The van der Waals surface area contributed by atoms with E-state index in [-0.39, 0.29) is 12.2 Å². The van der Waals surface area contributed by atoms with Crippen molar-refractivity contribution in [3.05, 3.63) is 0 Å². The molecule has 0 aromatic heterocycles. The lowest BCUT2D eigenvalue weighted by Gasteiger charge is -2.13. The molecule has 14 heavy (non-hydrogen) atoms. The zero-order valence-corrected chi connectivity index (χ0v) is 8.53. The molecule has 0 fully saturated rings. The second-order valence-electron chi connectivity index (χ2n) is 2.71. The second-order valence-corrected chi connectivity index (χ2v) is 3.07. The number of rotatable bonds is 5. The lowest BCUT2D eigenvalue weighted by atomic mass is 10.2. The summed E-state index contributed by atoms with van der Waals surface area (Å²) in [6.45, 7) is 1.57. The van der Waals surface area contributed by atoms with Crippen LogP contribution in [0.1, 0.15) is 13.3 Å². The number of carbonyl (C=O) groups excluding carboxylic acids is 1. The van der Waals surface area contributed by atoms with Crippen molar-refractivity contribution >= 4 is 24.6 Å². The summed E-state index contributed by atoms with van der Waals surface area (Å²) >= 11 is 3.87. The Kier molecular flexibility index (Phi) is 5.72. The van der Waals surface area contributed by atoms with Crippen LogP contribution in [0.15, 0.2) is 0 Å². The third kappa shape index (κ3) is 4.14. The molecule has 0 rings (SSSR count). The first-order chi connectivity index (χ1) is 6.52. The quantitative estimate of drug-likeness (QED) is 0.516. The molecule has 0 heterocycles. The van der Waals surface area contributed by atoms with Crippen molar-refractivity contribution in [1.29, 1.82) is 5.26 Å². The molecule has 0 aliphatic carbocycles. The number of esters is 1. The van der Waals surface area contributed by atoms with Gasteiger partial charge in [-0.2, -0.15) is 17.9 Å². The largest absolute Gasteiger partial charge is 0.478 e. The normalized spacial score (nSPS) is 13.8. The first-order valence-electron chi connectivity index (χ1n) is 3.94. The van der Waals surface area contributed by atoms with Crippen LogP contribution in [0.2, 0.25) is 0 Å². The lowest BCUT2D eigenvalue weighted by molar-refractivity contribution is -0.165. The van der Waals surface area contributed by atoms with Crippen LogP contribution in [0.4, 0.5) is 0 Å². The van der Waals surface area contributed by atoms with Gasteiger partial charge < -0.3 is 9.84 Å². The van der Waals surface area contributed by atoms with Gasteiger partial charge in [0.2, 0.25) is 6.10 Å². The van der Waals surface area contributed by atoms with Crippen LogP contribution in [-0.2, 0) is 14.3 Å². The smallest absolute Gasteiger partial charge is 0.346 e. The summed E-state index contributed by atoms with van der Waals surface area (Å²) in [5.74, 6) is -2.16. The number of hydrogen-bond donors (Lipinski definition) is 2. The fraction of sp³-hybridized carbons (Fsp3) is 0.625. The minimum absolute atomic E-state index is 0.276. The van der Waals surface area contributed by atoms with Crippen LogP contribution >= 0.6 is 12.6 Å². The van der Waals surface area contributed by atoms with Crippen molar-refractivity contribution in [1.82, 2.24) is 0 Å². The molecule has 1 N–H and O–H groups in total. The summed E-state index contributed by atoms with van der Waals surface area (Å²) in [6, 6.07) is 1.63. The Hall–Kier alpha value is -1.22. The molecule has 0 radical (unpaired) electrons. The van der Waals surface area contributed by atoms with E-state index in [2.05, 4.69) is 17.4 Å². The van der Waals surface area contributed by atoms with Crippen molar-refractivity contribution in [3.8, 4) is 6.07 Å².